The van der Waals surface area contributed by atoms with Crippen molar-refractivity contribution in [2.45, 2.75) is 24.8 Å². The van der Waals surface area contributed by atoms with E-state index >= 15 is 0 Å². The van der Waals surface area contributed by atoms with Crippen LogP contribution in [0.2, 0.25) is 0 Å². The average molecular weight is 450 g/mol. The Hall–Kier alpha value is -3.52. The summed E-state index contributed by atoms with van der Waals surface area (Å²) < 4.78 is 23.5. The molecule has 0 unspecified atom stereocenters. The van der Waals surface area contributed by atoms with E-state index < -0.39 is 9.84 Å². The van der Waals surface area contributed by atoms with Crippen molar-refractivity contribution >= 4 is 33.0 Å². The van der Waals surface area contributed by atoms with Gasteiger partial charge >= 0.3 is 0 Å². The molecule has 4 rings (SSSR count). The highest BCUT2D eigenvalue weighted by atomic mass is 32.2. The van der Waals surface area contributed by atoms with Crippen LogP contribution in [0.15, 0.2) is 71.8 Å². The Balaban J connectivity index is 1.82. The highest BCUT2D eigenvalue weighted by molar-refractivity contribution is 7.90. The van der Waals surface area contributed by atoms with Gasteiger partial charge in [0.2, 0.25) is 5.91 Å². The van der Waals surface area contributed by atoms with Crippen LogP contribution < -0.4 is 9.80 Å². The summed E-state index contributed by atoms with van der Waals surface area (Å²) in [5, 5.41) is 0. The number of aromatic nitrogens is 1. The SMILES string of the molecule is CC(=O)N1c2ccc(-c3ccc(S(C)(=O)=O)cc3)cc2N(C(=O)c2ccccn2)C[C@@H]1C. The van der Waals surface area contributed by atoms with Gasteiger partial charge in [-0.25, -0.2) is 8.42 Å². The number of amides is 2. The summed E-state index contributed by atoms with van der Waals surface area (Å²) in [6.45, 7) is 3.74. The quantitative estimate of drug-likeness (QED) is 0.610. The minimum Gasteiger partial charge on any atom is -0.306 e. The fraction of sp³-hybridized carbons (Fsp3) is 0.208. The summed E-state index contributed by atoms with van der Waals surface area (Å²) in [6, 6.07) is 17.1. The minimum absolute atomic E-state index is 0.103. The molecule has 0 N–H and O–H groups in total. The number of carbonyl (C=O) groups excluding carboxylic acids is 2. The van der Waals surface area contributed by atoms with Gasteiger partial charge in [-0.05, 0) is 54.4 Å². The topological polar surface area (TPSA) is 87.7 Å². The van der Waals surface area contributed by atoms with Crippen LogP contribution in [-0.4, -0.2) is 44.1 Å². The Bertz CT molecular complexity index is 1290. The molecule has 0 aliphatic carbocycles. The smallest absolute Gasteiger partial charge is 0.276 e. The molecule has 0 spiro atoms. The molecule has 32 heavy (non-hydrogen) atoms. The third-order valence-corrected chi connectivity index (χ3v) is 6.63. The number of pyridine rings is 1. The lowest BCUT2D eigenvalue weighted by Crippen LogP contribution is -2.51. The van der Waals surface area contributed by atoms with E-state index in [4.69, 9.17) is 0 Å². The number of benzene rings is 2. The van der Waals surface area contributed by atoms with Crippen molar-refractivity contribution in [2.75, 3.05) is 22.6 Å². The first kappa shape index (κ1) is 21.7. The molecular formula is C24H23N3O4S. The van der Waals surface area contributed by atoms with E-state index in [0.717, 1.165) is 11.1 Å². The first-order valence-electron chi connectivity index (χ1n) is 10.1. The zero-order valence-electron chi connectivity index (χ0n) is 18.0. The maximum absolute atomic E-state index is 13.3. The maximum atomic E-state index is 13.3. The van der Waals surface area contributed by atoms with Gasteiger partial charge in [0.05, 0.1) is 22.3 Å². The molecule has 164 valence electrons. The predicted molar refractivity (Wildman–Crippen MR) is 124 cm³/mol. The second-order valence-corrected chi connectivity index (χ2v) is 9.88. The molecule has 0 fully saturated rings. The van der Waals surface area contributed by atoms with Gasteiger partial charge in [-0.1, -0.05) is 24.3 Å². The van der Waals surface area contributed by atoms with Gasteiger partial charge in [0.25, 0.3) is 5.91 Å². The molecule has 2 aromatic carbocycles. The Morgan fingerprint density at radius 1 is 0.969 bits per heavy atom. The number of rotatable bonds is 3. The van der Waals surface area contributed by atoms with Crippen LogP contribution in [0.3, 0.4) is 0 Å². The Labute approximate surface area is 187 Å². The fourth-order valence-corrected chi connectivity index (χ4v) is 4.63. The van der Waals surface area contributed by atoms with E-state index in [0.29, 0.717) is 23.6 Å². The lowest BCUT2D eigenvalue weighted by atomic mass is 10.0. The highest BCUT2D eigenvalue weighted by Crippen LogP contribution is 2.39. The van der Waals surface area contributed by atoms with Crippen molar-refractivity contribution in [2.24, 2.45) is 0 Å². The number of hydrogen-bond acceptors (Lipinski definition) is 5. The molecule has 2 heterocycles. The molecule has 1 aromatic heterocycles. The van der Waals surface area contributed by atoms with Crippen LogP contribution in [0.4, 0.5) is 11.4 Å². The van der Waals surface area contributed by atoms with E-state index in [1.165, 1.54) is 13.2 Å². The minimum atomic E-state index is -3.29. The number of anilines is 2. The van der Waals surface area contributed by atoms with E-state index in [1.54, 1.807) is 58.5 Å². The van der Waals surface area contributed by atoms with Crippen LogP contribution in [0.25, 0.3) is 11.1 Å². The number of hydrogen-bond donors (Lipinski definition) is 0. The summed E-state index contributed by atoms with van der Waals surface area (Å²) in [4.78, 5) is 33.4. The van der Waals surface area contributed by atoms with Gasteiger partial charge < -0.3 is 9.80 Å². The standard InChI is InChI=1S/C24H23N3O4S/c1-16-15-26(24(29)21-6-4-5-13-25-21)23-14-19(9-12-22(23)27(16)17(2)28)18-7-10-20(11-8-18)32(3,30)31/h4-14,16H,15H2,1-3H3/t16-/m0/s1. The largest absolute Gasteiger partial charge is 0.306 e. The summed E-state index contributed by atoms with van der Waals surface area (Å²) in [6.07, 6.45) is 2.74. The van der Waals surface area contributed by atoms with E-state index in [9.17, 15) is 18.0 Å². The molecule has 7 nitrogen and oxygen atoms in total. The fourth-order valence-electron chi connectivity index (χ4n) is 4.00. The van der Waals surface area contributed by atoms with Crippen molar-refractivity contribution in [1.82, 2.24) is 4.98 Å². The zero-order valence-corrected chi connectivity index (χ0v) is 18.8. The molecule has 1 aliphatic rings. The highest BCUT2D eigenvalue weighted by Gasteiger charge is 2.34. The van der Waals surface area contributed by atoms with Crippen LogP contribution in [0.5, 0.6) is 0 Å². The summed E-state index contributed by atoms with van der Waals surface area (Å²) in [5.74, 6) is -0.347. The van der Waals surface area contributed by atoms with Crippen molar-refractivity contribution in [3.8, 4) is 11.1 Å². The molecule has 0 bridgehead atoms. The van der Waals surface area contributed by atoms with Crippen LogP contribution >= 0.6 is 0 Å². The van der Waals surface area contributed by atoms with E-state index in [2.05, 4.69) is 4.98 Å². The Morgan fingerprint density at radius 3 is 2.25 bits per heavy atom. The van der Waals surface area contributed by atoms with Crippen molar-refractivity contribution in [3.05, 3.63) is 72.6 Å². The summed E-state index contributed by atoms with van der Waals surface area (Å²) in [7, 11) is -3.29. The summed E-state index contributed by atoms with van der Waals surface area (Å²) >= 11 is 0. The monoisotopic (exact) mass is 449 g/mol. The van der Waals surface area contributed by atoms with Crippen molar-refractivity contribution in [1.29, 1.82) is 0 Å². The molecule has 2 amide bonds. The van der Waals surface area contributed by atoms with Gasteiger partial charge in [0, 0.05) is 25.9 Å². The number of sulfone groups is 1. The molecular weight excluding hydrogens is 426 g/mol. The number of nitrogens with zero attached hydrogens (tertiary/aromatic N) is 3. The predicted octanol–water partition coefficient (Wildman–Crippen LogP) is 3.55. The van der Waals surface area contributed by atoms with Crippen LogP contribution in [0.1, 0.15) is 24.3 Å². The average Bonchev–Trinajstić information content (AvgIpc) is 2.77. The van der Waals surface area contributed by atoms with Gasteiger partial charge in [0.15, 0.2) is 9.84 Å². The van der Waals surface area contributed by atoms with Crippen LogP contribution in [0, 0.1) is 0 Å². The Morgan fingerprint density at radius 2 is 1.66 bits per heavy atom. The lowest BCUT2D eigenvalue weighted by molar-refractivity contribution is -0.117. The maximum Gasteiger partial charge on any atom is 0.276 e. The summed E-state index contributed by atoms with van der Waals surface area (Å²) in [5.41, 5.74) is 3.19. The number of fused-ring (bicyclic) bond motifs is 1. The molecule has 8 heteroatoms. The molecule has 3 aromatic rings. The number of carbonyl (C=O) groups is 2. The molecule has 0 radical (unpaired) electrons. The second-order valence-electron chi connectivity index (χ2n) is 7.87. The van der Waals surface area contributed by atoms with Gasteiger partial charge in [-0.2, -0.15) is 0 Å². The van der Waals surface area contributed by atoms with Crippen molar-refractivity contribution < 1.29 is 18.0 Å². The zero-order chi connectivity index (χ0) is 23.0. The molecule has 1 atom stereocenters. The Kier molecular flexibility index (Phi) is 5.56. The third-order valence-electron chi connectivity index (χ3n) is 5.50. The third kappa shape index (κ3) is 4.01. The first-order chi connectivity index (χ1) is 15.2. The van der Waals surface area contributed by atoms with Crippen LogP contribution in [-0.2, 0) is 14.6 Å². The molecule has 1 aliphatic heterocycles. The lowest BCUT2D eigenvalue weighted by Gasteiger charge is -2.40. The van der Waals surface area contributed by atoms with Gasteiger partial charge in [-0.15, -0.1) is 0 Å². The van der Waals surface area contributed by atoms with E-state index in [-0.39, 0.29) is 22.8 Å². The van der Waals surface area contributed by atoms with Gasteiger partial charge in [-0.3, -0.25) is 14.6 Å². The normalized spacial score (nSPS) is 15.9. The van der Waals surface area contributed by atoms with Gasteiger partial charge in [0.1, 0.15) is 5.69 Å². The van der Waals surface area contributed by atoms with Crippen molar-refractivity contribution in [3.63, 3.8) is 0 Å². The molecule has 0 saturated heterocycles. The van der Waals surface area contributed by atoms with E-state index in [1.807, 2.05) is 25.1 Å². The molecule has 0 saturated carbocycles. The second kappa shape index (κ2) is 8.20. The first-order valence-corrected chi connectivity index (χ1v) is 12.0.